The van der Waals surface area contributed by atoms with Gasteiger partial charge in [-0.1, -0.05) is 47.1 Å². The van der Waals surface area contributed by atoms with Crippen LogP contribution in [0, 0.1) is 12.7 Å². The van der Waals surface area contributed by atoms with Crippen molar-refractivity contribution < 1.29 is 23.5 Å². The summed E-state index contributed by atoms with van der Waals surface area (Å²) in [5.74, 6) is -1.94. The van der Waals surface area contributed by atoms with Gasteiger partial charge in [0.05, 0.1) is 39.5 Å². The first kappa shape index (κ1) is 30.0. The van der Waals surface area contributed by atoms with Crippen molar-refractivity contribution in [2.45, 2.75) is 13.2 Å². The third-order valence-electron chi connectivity index (χ3n) is 7.23. The van der Waals surface area contributed by atoms with Gasteiger partial charge in [0.2, 0.25) is 6.29 Å². The fourth-order valence-electron chi connectivity index (χ4n) is 4.75. The highest BCUT2D eigenvalue weighted by Gasteiger charge is 2.24. The Morgan fingerprint density at radius 2 is 1.81 bits per heavy atom. The van der Waals surface area contributed by atoms with E-state index in [4.69, 9.17) is 26.8 Å². The zero-order chi connectivity index (χ0) is 30.7. The van der Waals surface area contributed by atoms with E-state index in [1.54, 1.807) is 18.2 Å². The number of nitrogens with one attached hydrogen (secondary N) is 1. The molecule has 3 aromatic carbocycles. The summed E-state index contributed by atoms with van der Waals surface area (Å²) in [6.45, 7) is 4.62. The average Bonchev–Trinajstić information content (AvgIpc) is 3.52. The number of likely N-dealkylation sites (N-methyl/N-ethyl adjacent to an activating group) is 1. The number of carbonyl (C=O) groups is 2. The number of halogens is 2. The highest BCUT2D eigenvalue weighted by molar-refractivity contribution is 6.35. The maximum Gasteiger partial charge on any atom is 0.363 e. The molecular formula is C30H31ClFN7O4. The molecule has 1 amide bonds. The molecule has 0 radical (unpaired) electrons. The van der Waals surface area contributed by atoms with Crippen LogP contribution in [0.25, 0.3) is 5.69 Å². The van der Waals surface area contributed by atoms with E-state index >= 15 is 0 Å². The van der Waals surface area contributed by atoms with E-state index in [1.165, 1.54) is 31.0 Å². The number of nitrogens with two attached hydrogens (primary N) is 1. The number of carbonyl (C=O) groups excluding carboxylic acids is 2. The van der Waals surface area contributed by atoms with Crippen molar-refractivity contribution in [3.63, 3.8) is 0 Å². The van der Waals surface area contributed by atoms with Gasteiger partial charge in [0.25, 0.3) is 5.91 Å². The van der Waals surface area contributed by atoms with Gasteiger partial charge in [-0.05, 0) is 38.2 Å². The summed E-state index contributed by atoms with van der Waals surface area (Å²) in [6.07, 6.45) is 0.511. The van der Waals surface area contributed by atoms with E-state index in [2.05, 4.69) is 25.4 Å². The molecule has 1 aliphatic rings. The summed E-state index contributed by atoms with van der Waals surface area (Å²) in [4.78, 5) is 30.7. The number of piperazine rings is 1. The Bertz CT molecular complexity index is 1640. The van der Waals surface area contributed by atoms with Gasteiger partial charge in [-0.3, -0.25) is 4.79 Å². The standard InChI is InChI=1S/C30H31ClFN7O4/c1-18-26(31)21(16-22(33)27(18)32)28(40)34-23-15-20(9-10-25(23)38-13-11-37(2)12-14-38)39-17-24(35-36-39)29(41)43-30(42-3)19-7-5-4-6-8-19/h4-10,15-17,30H,11-14,33H2,1-3H3,(H,34,40). The molecule has 3 N–H and O–H groups in total. The van der Waals surface area contributed by atoms with Crippen molar-refractivity contribution in [2.24, 2.45) is 0 Å². The van der Waals surface area contributed by atoms with Gasteiger partial charge >= 0.3 is 5.97 Å². The van der Waals surface area contributed by atoms with Crippen LogP contribution >= 0.6 is 11.6 Å². The van der Waals surface area contributed by atoms with Crippen molar-refractivity contribution in [1.29, 1.82) is 0 Å². The van der Waals surface area contributed by atoms with E-state index in [0.717, 1.165) is 31.9 Å². The van der Waals surface area contributed by atoms with E-state index < -0.39 is 24.0 Å². The molecule has 0 bridgehead atoms. The summed E-state index contributed by atoms with van der Waals surface area (Å²) in [5.41, 5.74) is 8.15. The molecule has 4 aromatic rings. The molecule has 1 saturated heterocycles. The number of aromatic nitrogens is 3. The van der Waals surface area contributed by atoms with Crippen LogP contribution in [-0.2, 0) is 9.47 Å². The number of hydrogen-bond acceptors (Lipinski definition) is 9. The van der Waals surface area contributed by atoms with Gasteiger partial charge in [-0.25, -0.2) is 13.9 Å². The lowest BCUT2D eigenvalue weighted by Gasteiger charge is -2.35. The molecule has 0 spiro atoms. The minimum Gasteiger partial charge on any atom is -0.426 e. The number of nitrogens with zero attached hydrogens (tertiary/aromatic N) is 5. The van der Waals surface area contributed by atoms with Gasteiger partial charge in [0.1, 0.15) is 0 Å². The normalized spacial score (nSPS) is 14.4. The van der Waals surface area contributed by atoms with Crippen LogP contribution in [0.2, 0.25) is 5.02 Å². The number of anilines is 3. The van der Waals surface area contributed by atoms with E-state index in [-0.39, 0.29) is 27.5 Å². The number of methoxy groups -OCH3 is 1. The largest absolute Gasteiger partial charge is 0.426 e. The molecule has 1 aromatic heterocycles. The summed E-state index contributed by atoms with van der Waals surface area (Å²) in [6, 6.07) is 15.6. The third-order valence-corrected chi connectivity index (χ3v) is 7.72. The lowest BCUT2D eigenvalue weighted by atomic mass is 10.1. The maximum atomic E-state index is 14.3. The average molecular weight is 608 g/mol. The molecule has 43 heavy (non-hydrogen) atoms. The number of nitrogen functional groups attached to an aromatic ring is 1. The van der Waals surface area contributed by atoms with Gasteiger partial charge in [0.15, 0.2) is 11.5 Å². The quantitative estimate of drug-likeness (QED) is 0.169. The summed E-state index contributed by atoms with van der Waals surface area (Å²) in [7, 11) is 3.49. The van der Waals surface area contributed by atoms with Crippen molar-refractivity contribution in [1.82, 2.24) is 19.9 Å². The molecule has 0 aliphatic carbocycles. The predicted octanol–water partition coefficient (Wildman–Crippen LogP) is 4.46. The van der Waals surface area contributed by atoms with Crippen molar-refractivity contribution in [2.75, 3.05) is 56.3 Å². The van der Waals surface area contributed by atoms with Gasteiger partial charge in [-0.15, -0.1) is 5.10 Å². The zero-order valence-corrected chi connectivity index (χ0v) is 24.6. The lowest BCUT2D eigenvalue weighted by Crippen LogP contribution is -2.44. The fraction of sp³-hybridized carbons (Fsp3) is 0.267. The van der Waals surface area contributed by atoms with Gasteiger partial charge in [0, 0.05) is 44.4 Å². The van der Waals surface area contributed by atoms with E-state index in [0.29, 0.717) is 16.9 Å². The monoisotopic (exact) mass is 607 g/mol. The lowest BCUT2D eigenvalue weighted by molar-refractivity contribution is -0.0930. The molecule has 1 unspecified atom stereocenters. The third kappa shape index (κ3) is 6.46. The number of amides is 1. The van der Waals surface area contributed by atoms with Crippen LogP contribution in [0.1, 0.15) is 38.3 Å². The van der Waals surface area contributed by atoms with Gasteiger partial charge in [-0.2, -0.15) is 0 Å². The van der Waals surface area contributed by atoms with Crippen molar-refractivity contribution in [3.8, 4) is 5.69 Å². The molecular weight excluding hydrogens is 577 g/mol. The minimum absolute atomic E-state index is 0.0224. The molecule has 1 fully saturated rings. The summed E-state index contributed by atoms with van der Waals surface area (Å²) >= 11 is 6.33. The van der Waals surface area contributed by atoms with Crippen LogP contribution < -0.4 is 16.0 Å². The number of rotatable bonds is 8. The van der Waals surface area contributed by atoms with Gasteiger partial charge < -0.3 is 30.3 Å². The topological polar surface area (TPSA) is 128 Å². The second kappa shape index (κ2) is 12.8. The number of esters is 1. The Balaban J connectivity index is 1.43. The van der Waals surface area contributed by atoms with Crippen LogP contribution in [0.15, 0.2) is 60.8 Å². The SMILES string of the molecule is COC(OC(=O)c1cn(-c2ccc(N3CCN(C)CC3)c(NC(=O)c3cc(N)c(F)c(C)c3Cl)c2)nn1)c1ccccc1. The highest BCUT2D eigenvalue weighted by atomic mass is 35.5. The Labute approximate surface area is 252 Å². The Morgan fingerprint density at radius 1 is 1.09 bits per heavy atom. The predicted molar refractivity (Wildman–Crippen MR) is 161 cm³/mol. The molecule has 2 heterocycles. The summed E-state index contributed by atoms with van der Waals surface area (Å²) in [5, 5.41) is 11.0. The maximum absolute atomic E-state index is 14.3. The van der Waals surface area contributed by atoms with Crippen LogP contribution in [0.3, 0.4) is 0 Å². The Morgan fingerprint density at radius 3 is 2.51 bits per heavy atom. The Hall–Kier alpha value is -4.52. The molecule has 0 saturated carbocycles. The first-order chi connectivity index (χ1) is 20.7. The molecule has 1 aliphatic heterocycles. The molecule has 13 heteroatoms. The molecule has 11 nitrogen and oxygen atoms in total. The fourth-order valence-corrected chi connectivity index (χ4v) is 4.97. The minimum atomic E-state index is -0.917. The first-order valence-corrected chi connectivity index (χ1v) is 13.9. The summed E-state index contributed by atoms with van der Waals surface area (Å²) < 4.78 is 26.5. The van der Waals surface area contributed by atoms with Crippen LogP contribution in [-0.4, -0.2) is 72.1 Å². The second-order valence-electron chi connectivity index (χ2n) is 10.1. The van der Waals surface area contributed by atoms with E-state index in [9.17, 15) is 14.0 Å². The van der Waals surface area contributed by atoms with Crippen LogP contribution in [0.5, 0.6) is 0 Å². The molecule has 224 valence electrons. The molecule has 1 atom stereocenters. The second-order valence-corrected chi connectivity index (χ2v) is 10.5. The zero-order valence-electron chi connectivity index (χ0n) is 23.9. The molecule has 5 rings (SSSR count). The number of hydrogen-bond donors (Lipinski definition) is 2. The first-order valence-electron chi connectivity index (χ1n) is 13.5. The smallest absolute Gasteiger partial charge is 0.363 e. The van der Waals surface area contributed by atoms with E-state index in [1.807, 2.05) is 37.4 Å². The van der Waals surface area contributed by atoms with Crippen molar-refractivity contribution in [3.05, 3.63) is 94.0 Å². The Kier molecular flexibility index (Phi) is 8.90. The van der Waals surface area contributed by atoms with Crippen LogP contribution in [0.4, 0.5) is 21.5 Å². The number of ether oxygens (including phenoxy) is 2. The van der Waals surface area contributed by atoms with Crippen molar-refractivity contribution >= 4 is 40.5 Å². The number of benzene rings is 3. The highest BCUT2D eigenvalue weighted by Crippen LogP contribution is 2.32.